The summed E-state index contributed by atoms with van der Waals surface area (Å²) in [5.41, 5.74) is 3.52. The van der Waals surface area contributed by atoms with E-state index in [1.54, 1.807) is 12.1 Å². The molecule has 0 amide bonds. The first-order chi connectivity index (χ1) is 8.31. The maximum absolute atomic E-state index is 8.73. The molecule has 17 heavy (non-hydrogen) atoms. The van der Waals surface area contributed by atoms with Crippen LogP contribution in [0, 0.1) is 22.7 Å². The summed E-state index contributed by atoms with van der Waals surface area (Å²) in [6, 6.07) is 11.6. The predicted molar refractivity (Wildman–Crippen MR) is 65.8 cm³/mol. The second-order valence-electron chi connectivity index (χ2n) is 3.81. The molecule has 82 valence electrons. The fourth-order valence-electron chi connectivity index (χ4n) is 1.65. The van der Waals surface area contributed by atoms with Crippen LogP contribution in [0.3, 0.4) is 0 Å². The molecule has 0 radical (unpaired) electrons. The van der Waals surface area contributed by atoms with Gasteiger partial charge in [0.05, 0.1) is 17.7 Å². The molecule has 1 aliphatic rings. The van der Waals surface area contributed by atoms with Crippen molar-refractivity contribution < 1.29 is 0 Å². The molecule has 2 rings (SSSR count). The van der Waals surface area contributed by atoms with Gasteiger partial charge in [0, 0.05) is 17.0 Å². The van der Waals surface area contributed by atoms with E-state index < -0.39 is 0 Å². The normalized spacial score (nSPS) is 14.0. The van der Waals surface area contributed by atoms with E-state index in [2.05, 4.69) is 17.5 Å². The van der Waals surface area contributed by atoms with E-state index in [1.807, 2.05) is 24.3 Å². The fraction of sp³-hybridized carbons (Fsp3) is 0.143. The van der Waals surface area contributed by atoms with Crippen LogP contribution in [0.15, 0.2) is 47.7 Å². The van der Waals surface area contributed by atoms with Crippen molar-refractivity contribution in [3.05, 3.63) is 53.3 Å². The monoisotopic (exact) mass is 221 g/mol. The molecular weight excluding hydrogens is 210 g/mol. The Labute approximate surface area is 100 Å². The van der Waals surface area contributed by atoms with Crippen molar-refractivity contribution in [2.75, 3.05) is 5.32 Å². The van der Waals surface area contributed by atoms with Gasteiger partial charge in [0.1, 0.15) is 0 Å². The van der Waals surface area contributed by atoms with Crippen LogP contribution < -0.4 is 5.32 Å². The number of nitriles is 2. The summed E-state index contributed by atoms with van der Waals surface area (Å²) in [5.74, 6) is 0. The van der Waals surface area contributed by atoms with Crippen molar-refractivity contribution in [2.45, 2.75) is 12.8 Å². The number of hydrogen-bond acceptors (Lipinski definition) is 3. The van der Waals surface area contributed by atoms with E-state index in [0.29, 0.717) is 5.56 Å². The molecule has 1 aromatic carbocycles. The third kappa shape index (κ3) is 2.74. The maximum atomic E-state index is 8.73. The largest absolute Gasteiger partial charge is 0.359 e. The Kier molecular flexibility index (Phi) is 3.23. The zero-order valence-electron chi connectivity index (χ0n) is 9.27. The van der Waals surface area contributed by atoms with Crippen LogP contribution in [0.5, 0.6) is 0 Å². The van der Waals surface area contributed by atoms with E-state index in [4.69, 9.17) is 10.5 Å². The van der Waals surface area contributed by atoms with Gasteiger partial charge in [0.15, 0.2) is 0 Å². The Morgan fingerprint density at radius 2 is 1.71 bits per heavy atom. The molecule has 0 bridgehead atoms. The molecule has 0 heterocycles. The average molecular weight is 221 g/mol. The van der Waals surface area contributed by atoms with Crippen molar-refractivity contribution in [2.24, 2.45) is 0 Å². The van der Waals surface area contributed by atoms with E-state index in [1.165, 1.54) is 0 Å². The first-order valence-electron chi connectivity index (χ1n) is 5.39. The smallest absolute Gasteiger partial charge is 0.0991 e. The zero-order chi connectivity index (χ0) is 12.1. The number of benzene rings is 1. The van der Waals surface area contributed by atoms with Gasteiger partial charge in [-0.2, -0.15) is 10.5 Å². The zero-order valence-corrected chi connectivity index (χ0v) is 9.27. The minimum absolute atomic E-state index is 0.653. The summed E-state index contributed by atoms with van der Waals surface area (Å²) in [7, 11) is 0. The van der Waals surface area contributed by atoms with Gasteiger partial charge in [-0.25, -0.2) is 0 Å². The van der Waals surface area contributed by atoms with Crippen LogP contribution in [0.2, 0.25) is 0 Å². The van der Waals surface area contributed by atoms with Gasteiger partial charge in [-0.05, 0) is 49.3 Å². The van der Waals surface area contributed by atoms with Crippen LogP contribution in [-0.2, 0) is 0 Å². The first kappa shape index (κ1) is 11.0. The van der Waals surface area contributed by atoms with Crippen molar-refractivity contribution in [3.63, 3.8) is 0 Å². The van der Waals surface area contributed by atoms with Gasteiger partial charge in [-0.1, -0.05) is 0 Å². The highest BCUT2D eigenvalue weighted by atomic mass is 14.9. The molecular formula is C14H11N3. The number of allylic oxidation sites excluding steroid dienone is 4. The van der Waals surface area contributed by atoms with E-state index in [-0.39, 0.29) is 0 Å². The fourth-order valence-corrected chi connectivity index (χ4v) is 1.65. The average Bonchev–Trinajstić information content (AvgIpc) is 2.40. The van der Waals surface area contributed by atoms with Crippen LogP contribution in [0.4, 0.5) is 5.69 Å². The van der Waals surface area contributed by atoms with E-state index >= 15 is 0 Å². The van der Waals surface area contributed by atoms with Gasteiger partial charge in [-0.3, -0.25) is 0 Å². The van der Waals surface area contributed by atoms with Crippen LogP contribution in [-0.4, -0.2) is 0 Å². The summed E-state index contributed by atoms with van der Waals surface area (Å²) in [4.78, 5) is 0. The lowest BCUT2D eigenvalue weighted by Gasteiger charge is -2.13. The number of rotatable bonds is 2. The van der Waals surface area contributed by atoms with Crippen molar-refractivity contribution in [1.82, 2.24) is 0 Å². The van der Waals surface area contributed by atoms with Gasteiger partial charge in [0.2, 0.25) is 0 Å². The second-order valence-corrected chi connectivity index (χ2v) is 3.81. The third-order valence-electron chi connectivity index (χ3n) is 2.61. The van der Waals surface area contributed by atoms with Gasteiger partial charge in [-0.15, -0.1) is 0 Å². The summed E-state index contributed by atoms with van der Waals surface area (Å²) in [6.07, 6.45) is 5.40. The highest BCUT2D eigenvalue weighted by Crippen LogP contribution is 2.20. The molecule has 0 saturated carbocycles. The topological polar surface area (TPSA) is 59.6 Å². The first-order valence-corrected chi connectivity index (χ1v) is 5.39. The lowest BCUT2D eigenvalue weighted by atomic mass is 10.0. The molecule has 0 aromatic heterocycles. The quantitative estimate of drug-likeness (QED) is 0.834. The molecule has 1 N–H and O–H groups in total. The van der Waals surface area contributed by atoms with E-state index in [9.17, 15) is 0 Å². The Bertz CT molecular complexity index is 551. The van der Waals surface area contributed by atoms with Crippen LogP contribution in [0.1, 0.15) is 18.4 Å². The van der Waals surface area contributed by atoms with Crippen LogP contribution in [0.25, 0.3) is 0 Å². The number of nitrogens with zero attached hydrogens (tertiary/aromatic N) is 2. The summed E-state index contributed by atoms with van der Waals surface area (Å²) >= 11 is 0. The highest BCUT2D eigenvalue weighted by molar-refractivity contribution is 5.52. The van der Waals surface area contributed by atoms with Gasteiger partial charge in [0.25, 0.3) is 0 Å². The standard InChI is InChI=1S/C14H11N3/c15-9-11-1-5-13(6-2-11)17-14-7-3-12(10-16)4-8-14/h1-3,5-7,17H,4,8H2. The Balaban J connectivity index is 2.07. The Hall–Kier alpha value is -2.52. The summed E-state index contributed by atoms with van der Waals surface area (Å²) in [5, 5.41) is 20.7. The van der Waals surface area contributed by atoms with E-state index in [0.717, 1.165) is 29.8 Å². The summed E-state index contributed by atoms with van der Waals surface area (Å²) in [6.45, 7) is 0. The van der Waals surface area contributed by atoms with Crippen LogP contribution >= 0.6 is 0 Å². The minimum Gasteiger partial charge on any atom is -0.359 e. The Morgan fingerprint density at radius 3 is 2.24 bits per heavy atom. The van der Waals surface area contributed by atoms with Crippen molar-refractivity contribution in [3.8, 4) is 12.1 Å². The molecule has 0 saturated heterocycles. The third-order valence-corrected chi connectivity index (χ3v) is 2.61. The Morgan fingerprint density at radius 1 is 0.941 bits per heavy atom. The molecule has 3 heteroatoms. The molecule has 0 atom stereocenters. The van der Waals surface area contributed by atoms with Crippen molar-refractivity contribution >= 4 is 5.69 Å². The minimum atomic E-state index is 0.653. The lowest BCUT2D eigenvalue weighted by molar-refractivity contribution is 0.935. The SMILES string of the molecule is N#CC1=CC=C(Nc2ccc(C#N)cc2)CC1. The maximum Gasteiger partial charge on any atom is 0.0991 e. The highest BCUT2D eigenvalue weighted by Gasteiger charge is 2.05. The molecule has 0 aliphatic heterocycles. The predicted octanol–water partition coefficient (Wildman–Crippen LogP) is 3.10. The molecule has 3 nitrogen and oxygen atoms in total. The van der Waals surface area contributed by atoms with Gasteiger partial charge >= 0.3 is 0 Å². The molecule has 0 spiro atoms. The molecule has 1 aromatic rings. The molecule has 1 aliphatic carbocycles. The molecule has 0 fully saturated rings. The number of nitrogens with one attached hydrogen (secondary N) is 1. The molecule has 0 unspecified atom stereocenters. The second kappa shape index (κ2) is 5.01. The van der Waals surface area contributed by atoms with Crippen molar-refractivity contribution in [1.29, 1.82) is 10.5 Å². The number of hydrogen-bond donors (Lipinski definition) is 1. The number of anilines is 1. The lowest BCUT2D eigenvalue weighted by Crippen LogP contribution is -2.02. The van der Waals surface area contributed by atoms with Gasteiger partial charge < -0.3 is 5.32 Å². The summed E-state index contributed by atoms with van der Waals surface area (Å²) < 4.78 is 0.